The van der Waals surface area contributed by atoms with Crippen molar-refractivity contribution in [2.24, 2.45) is 0 Å². The van der Waals surface area contributed by atoms with Gasteiger partial charge in [-0.05, 0) is 56.1 Å². The minimum atomic E-state index is 0.681. The Morgan fingerprint density at radius 3 is 2.23 bits per heavy atom. The van der Waals surface area contributed by atoms with Crippen LogP contribution in [0.3, 0.4) is 0 Å². The predicted octanol–water partition coefficient (Wildman–Crippen LogP) is 4.36. The van der Waals surface area contributed by atoms with Crippen molar-refractivity contribution in [2.45, 2.75) is 6.54 Å². The molecule has 0 aliphatic rings. The molecule has 134 valence electrons. The van der Waals surface area contributed by atoms with Crippen LogP contribution in [-0.4, -0.2) is 37.1 Å². The van der Waals surface area contributed by atoms with Crippen LogP contribution in [0, 0.1) is 0 Å². The lowest BCUT2D eigenvalue weighted by Crippen LogP contribution is -2.19. The van der Waals surface area contributed by atoms with Crippen molar-refractivity contribution in [2.75, 3.05) is 32.1 Å². The number of nitrogens with zero attached hydrogens (tertiary/aromatic N) is 3. The highest BCUT2D eigenvalue weighted by Gasteiger charge is 2.11. The lowest BCUT2D eigenvalue weighted by atomic mass is 10.2. The molecule has 0 fully saturated rings. The first-order valence-electron chi connectivity index (χ1n) is 8.82. The van der Waals surface area contributed by atoms with Crippen LogP contribution in [0.15, 0.2) is 79.0 Å². The maximum Gasteiger partial charge on any atom is 0.133 e. The Balaban J connectivity index is 1.78. The van der Waals surface area contributed by atoms with E-state index in [0.29, 0.717) is 6.61 Å². The quantitative estimate of drug-likeness (QED) is 0.605. The second kappa shape index (κ2) is 9.02. The molecule has 0 atom stereocenters. The topological polar surface area (TPSA) is 28.6 Å². The van der Waals surface area contributed by atoms with Crippen molar-refractivity contribution in [3.63, 3.8) is 0 Å². The summed E-state index contributed by atoms with van der Waals surface area (Å²) >= 11 is 0. The molecule has 0 aliphatic heterocycles. The third kappa shape index (κ3) is 5.07. The number of hydrogen-bond acceptors (Lipinski definition) is 4. The van der Waals surface area contributed by atoms with Gasteiger partial charge in [-0.3, -0.25) is 0 Å². The number of pyridine rings is 1. The molecule has 0 N–H and O–H groups in total. The van der Waals surface area contributed by atoms with Crippen LogP contribution in [0.2, 0.25) is 0 Å². The Hall–Kier alpha value is -2.85. The van der Waals surface area contributed by atoms with E-state index >= 15 is 0 Å². The van der Waals surface area contributed by atoms with E-state index < -0.39 is 0 Å². The third-order valence-corrected chi connectivity index (χ3v) is 4.06. The standard InChI is InChI=1S/C22H25N3O/c1-24(2)16-17-26-21-13-11-20(12-14-21)25(22-10-6-7-15-23-22)18-19-8-4-3-5-9-19/h3-15H,16-18H2,1-2H3. The van der Waals surface area contributed by atoms with Gasteiger partial charge in [0.05, 0.1) is 0 Å². The van der Waals surface area contributed by atoms with Gasteiger partial charge in [0.15, 0.2) is 0 Å². The summed E-state index contributed by atoms with van der Waals surface area (Å²) in [5, 5.41) is 0. The zero-order valence-electron chi connectivity index (χ0n) is 15.4. The molecule has 1 heterocycles. The summed E-state index contributed by atoms with van der Waals surface area (Å²) in [6.45, 7) is 2.34. The molecule has 1 aromatic heterocycles. The molecule has 26 heavy (non-hydrogen) atoms. The summed E-state index contributed by atoms with van der Waals surface area (Å²) in [6.07, 6.45) is 1.83. The molecular formula is C22H25N3O. The highest BCUT2D eigenvalue weighted by Crippen LogP contribution is 2.27. The minimum Gasteiger partial charge on any atom is -0.492 e. The molecule has 0 amide bonds. The van der Waals surface area contributed by atoms with E-state index in [0.717, 1.165) is 30.3 Å². The van der Waals surface area contributed by atoms with Crippen molar-refractivity contribution >= 4 is 11.5 Å². The van der Waals surface area contributed by atoms with Crippen molar-refractivity contribution in [3.05, 3.63) is 84.6 Å². The fourth-order valence-electron chi connectivity index (χ4n) is 2.65. The molecule has 0 unspecified atom stereocenters. The molecule has 3 rings (SSSR count). The molecule has 2 aromatic carbocycles. The second-order valence-electron chi connectivity index (χ2n) is 6.41. The summed E-state index contributed by atoms with van der Waals surface area (Å²) in [5.41, 5.74) is 2.33. The summed E-state index contributed by atoms with van der Waals surface area (Å²) < 4.78 is 5.80. The number of rotatable bonds is 8. The van der Waals surface area contributed by atoms with E-state index in [1.807, 2.05) is 56.7 Å². The molecule has 0 saturated heterocycles. The lowest BCUT2D eigenvalue weighted by Gasteiger charge is -2.24. The van der Waals surface area contributed by atoms with Crippen LogP contribution in [0.1, 0.15) is 5.56 Å². The van der Waals surface area contributed by atoms with Gasteiger partial charge in [0.2, 0.25) is 0 Å². The van der Waals surface area contributed by atoms with Crippen LogP contribution in [-0.2, 0) is 6.54 Å². The van der Waals surface area contributed by atoms with Gasteiger partial charge < -0.3 is 14.5 Å². The van der Waals surface area contributed by atoms with E-state index in [2.05, 4.69) is 51.2 Å². The van der Waals surface area contributed by atoms with E-state index in [1.165, 1.54) is 5.56 Å². The normalized spacial score (nSPS) is 10.7. The summed E-state index contributed by atoms with van der Waals surface area (Å²) in [4.78, 5) is 8.85. The van der Waals surface area contributed by atoms with Gasteiger partial charge in [-0.15, -0.1) is 0 Å². The van der Waals surface area contributed by atoms with E-state index in [4.69, 9.17) is 4.74 Å². The predicted molar refractivity (Wildman–Crippen MR) is 107 cm³/mol. The monoisotopic (exact) mass is 347 g/mol. The average molecular weight is 347 g/mol. The first-order valence-corrected chi connectivity index (χ1v) is 8.82. The average Bonchev–Trinajstić information content (AvgIpc) is 2.68. The summed E-state index contributed by atoms with van der Waals surface area (Å²) in [7, 11) is 4.08. The molecule has 0 spiro atoms. The number of hydrogen-bond donors (Lipinski definition) is 0. The molecule has 0 radical (unpaired) electrons. The highest BCUT2D eigenvalue weighted by atomic mass is 16.5. The molecule has 0 bridgehead atoms. The smallest absolute Gasteiger partial charge is 0.133 e. The SMILES string of the molecule is CN(C)CCOc1ccc(N(Cc2ccccc2)c2ccccn2)cc1. The van der Waals surface area contributed by atoms with Crippen LogP contribution in [0.4, 0.5) is 11.5 Å². The van der Waals surface area contributed by atoms with Crippen LogP contribution in [0.25, 0.3) is 0 Å². The van der Waals surface area contributed by atoms with Gasteiger partial charge in [0.25, 0.3) is 0 Å². The van der Waals surface area contributed by atoms with E-state index in [9.17, 15) is 0 Å². The van der Waals surface area contributed by atoms with Crippen molar-refractivity contribution in [1.29, 1.82) is 0 Å². The van der Waals surface area contributed by atoms with Gasteiger partial charge in [0.1, 0.15) is 18.2 Å². The van der Waals surface area contributed by atoms with Crippen LogP contribution < -0.4 is 9.64 Å². The van der Waals surface area contributed by atoms with Gasteiger partial charge >= 0.3 is 0 Å². The molecule has 4 heteroatoms. The minimum absolute atomic E-state index is 0.681. The lowest BCUT2D eigenvalue weighted by molar-refractivity contribution is 0.261. The van der Waals surface area contributed by atoms with Gasteiger partial charge in [-0.25, -0.2) is 4.98 Å². The number of ether oxygens (including phenoxy) is 1. The van der Waals surface area contributed by atoms with Crippen LogP contribution in [0.5, 0.6) is 5.75 Å². The number of anilines is 2. The Kier molecular flexibility index (Phi) is 6.23. The van der Waals surface area contributed by atoms with E-state index in [1.54, 1.807) is 0 Å². The molecule has 0 saturated carbocycles. The number of benzene rings is 2. The van der Waals surface area contributed by atoms with Gasteiger partial charge in [-0.1, -0.05) is 36.4 Å². The molecule has 4 nitrogen and oxygen atoms in total. The van der Waals surface area contributed by atoms with Crippen molar-refractivity contribution < 1.29 is 4.74 Å². The molecule has 3 aromatic rings. The fraction of sp³-hybridized carbons (Fsp3) is 0.227. The number of likely N-dealkylation sites (N-methyl/N-ethyl adjacent to an activating group) is 1. The number of aromatic nitrogens is 1. The second-order valence-corrected chi connectivity index (χ2v) is 6.41. The maximum absolute atomic E-state index is 5.80. The first kappa shape index (κ1) is 18.0. The summed E-state index contributed by atoms with van der Waals surface area (Å²) in [6, 6.07) is 24.6. The first-order chi connectivity index (χ1) is 12.7. The van der Waals surface area contributed by atoms with Gasteiger partial charge in [0, 0.05) is 25.0 Å². The van der Waals surface area contributed by atoms with Gasteiger partial charge in [-0.2, -0.15) is 0 Å². The Morgan fingerprint density at radius 1 is 0.846 bits per heavy atom. The Bertz CT molecular complexity index is 774. The van der Waals surface area contributed by atoms with Crippen LogP contribution >= 0.6 is 0 Å². The third-order valence-electron chi connectivity index (χ3n) is 4.06. The largest absolute Gasteiger partial charge is 0.492 e. The zero-order chi connectivity index (χ0) is 18.2. The molecular weight excluding hydrogens is 322 g/mol. The summed E-state index contributed by atoms with van der Waals surface area (Å²) in [5.74, 6) is 1.81. The Labute approximate surface area is 155 Å². The van der Waals surface area contributed by atoms with E-state index in [-0.39, 0.29) is 0 Å². The highest BCUT2D eigenvalue weighted by molar-refractivity contribution is 5.61. The maximum atomic E-state index is 5.80. The van der Waals surface area contributed by atoms with Crippen molar-refractivity contribution in [3.8, 4) is 5.75 Å². The molecule has 0 aliphatic carbocycles. The Morgan fingerprint density at radius 2 is 1.58 bits per heavy atom. The zero-order valence-corrected chi connectivity index (χ0v) is 15.4. The van der Waals surface area contributed by atoms with Crippen molar-refractivity contribution in [1.82, 2.24) is 9.88 Å². The fourth-order valence-corrected chi connectivity index (χ4v) is 2.65.